The van der Waals surface area contributed by atoms with E-state index in [-0.39, 0.29) is 0 Å². The van der Waals surface area contributed by atoms with Crippen LogP contribution >= 0.6 is 0 Å². The zero-order valence-corrected chi connectivity index (χ0v) is 22.3. The van der Waals surface area contributed by atoms with Gasteiger partial charge in [0.1, 0.15) is 0 Å². The van der Waals surface area contributed by atoms with E-state index in [0.29, 0.717) is 0 Å². The molecule has 0 aliphatic heterocycles. The molecule has 5 aromatic carbocycles. The molecule has 0 aromatic heterocycles. The summed E-state index contributed by atoms with van der Waals surface area (Å²) in [4.78, 5) is 2.37. The van der Waals surface area contributed by atoms with E-state index in [4.69, 9.17) is 0 Å². The summed E-state index contributed by atoms with van der Waals surface area (Å²) < 4.78 is 0. The minimum Gasteiger partial charge on any atom is -0.356 e. The number of hydrogen-bond donors (Lipinski definition) is 1. The molecule has 2 heteroatoms. The van der Waals surface area contributed by atoms with Crippen molar-refractivity contribution < 1.29 is 0 Å². The predicted molar refractivity (Wildman–Crippen MR) is 167 cm³/mol. The van der Waals surface area contributed by atoms with E-state index in [9.17, 15) is 0 Å². The maximum absolute atomic E-state index is 3.85. The van der Waals surface area contributed by atoms with E-state index in [1.54, 1.807) is 0 Å². The molecule has 0 atom stereocenters. The van der Waals surface area contributed by atoms with E-state index in [2.05, 4.69) is 132 Å². The van der Waals surface area contributed by atoms with E-state index >= 15 is 0 Å². The number of benzene rings is 5. The Morgan fingerprint density at radius 1 is 0.615 bits per heavy atom. The van der Waals surface area contributed by atoms with Crippen molar-refractivity contribution in [3.63, 3.8) is 0 Å². The van der Waals surface area contributed by atoms with Crippen molar-refractivity contribution in [2.75, 3.05) is 10.2 Å². The summed E-state index contributed by atoms with van der Waals surface area (Å²) >= 11 is 0. The van der Waals surface area contributed by atoms with Crippen LogP contribution in [-0.2, 0) is 19.3 Å². The fraction of sp³-hybridized carbons (Fsp3) is 0.135. The molecule has 0 spiro atoms. The molecule has 6 rings (SSSR count). The summed E-state index contributed by atoms with van der Waals surface area (Å²) in [6, 6.07) is 43.9. The molecule has 0 bridgehead atoms. The Balaban J connectivity index is 1.30. The number of para-hydroxylation sites is 2. The third-order valence-electron chi connectivity index (χ3n) is 7.55. The average molecular weight is 507 g/mol. The van der Waals surface area contributed by atoms with Gasteiger partial charge in [0.2, 0.25) is 0 Å². The molecule has 0 amide bonds. The predicted octanol–water partition coefficient (Wildman–Crippen LogP) is 10.2. The normalized spacial score (nSPS) is 11.8. The van der Waals surface area contributed by atoms with Gasteiger partial charge in [-0.25, -0.2) is 0 Å². The van der Waals surface area contributed by atoms with Crippen molar-refractivity contribution in [2.45, 2.75) is 32.1 Å². The Bertz CT molecular complexity index is 1550. The van der Waals surface area contributed by atoms with Crippen molar-refractivity contribution in [1.29, 1.82) is 0 Å². The molecule has 1 N–H and O–H groups in total. The Labute approximate surface area is 232 Å². The van der Waals surface area contributed by atoms with Crippen LogP contribution in [-0.4, -0.2) is 0 Å². The Morgan fingerprint density at radius 3 is 1.95 bits per heavy atom. The lowest BCUT2D eigenvalue weighted by atomic mass is 9.85. The van der Waals surface area contributed by atoms with Crippen LogP contribution in [0.3, 0.4) is 0 Å². The quantitative estimate of drug-likeness (QED) is 0.158. The molecule has 1 aliphatic carbocycles. The standard InChI is InChI=1S/C37H34N2/c1-2-3-6-11-28-16-21-34(22-17-28)39(33-14-9-5-10-15-33)35-23-25-37-30(27-35)19-18-29-26-32(20-24-36(29)37)38-31-12-7-4-8-13-31/h2,4-5,7-10,12-17,20-27,38H,1,3,6,11,18-19H2. The maximum atomic E-state index is 3.85. The molecule has 0 saturated carbocycles. The second-order valence-electron chi connectivity index (χ2n) is 10.2. The summed E-state index contributed by atoms with van der Waals surface area (Å²) in [6.07, 6.45) is 7.36. The number of allylic oxidation sites excluding steroid dienone is 1. The number of fused-ring (bicyclic) bond motifs is 3. The number of rotatable bonds is 9. The first-order valence-corrected chi connectivity index (χ1v) is 13.9. The fourth-order valence-electron chi connectivity index (χ4n) is 5.57. The minimum atomic E-state index is 1.04. The van der Waals surface area contributed by atoms with Gasteiger partial charge in [-0.15, -0.1) is 6.58 Å². The van der Waals surface area contributed by atoms with Crippen molar-refractivity contribution in [1.82, 2.24) is 0 Å². The number of nitrogens with zero attached hydrogens (tertiary/aromatic N) is 1. The van der Waals surface area contributed by atoms with Gasteiger partial charge in [-0.1, -0.05) is 66.7 Å². The van der Waals surface area contributed by atoms with Crippen LogP contribution in [0.25, 0.3) is 11.1 Å². The lowest BCUT2D eigenvalue weighted by Crippen LogP contribution is -2.12. The first-order chi connectivity index (χ1) is 19.3. The number of aryl methyl sites for hydroxylation is 3. The first kappa shape index (κ1) is 24.8. The third-order valence-corrected chi connectivity index (χ3v) is 7.55. The minimum absolute atomic E-state index is 1.04. The highest BCUT2D eigenvalue weighted by Gasteiger charge is 2.20. The van der Waals surface area contributed by atoms with Crippen molar-refractivity contribution in [3.8, 4) is 11.1 Å². The number of nitrogens with one attached hydrogen (secondary N) is 1. The zero-order valence-electron chi connectivity index (χ0n) is 22.3. The molecule has 0 heterocycles. The Hall–Kier alpha value is -4.56. The van der Waals surface area contributed by atoms with Gasteiger partial charge < -0.3 is 10.2 Å². The van der Waals surface area contributed by atoms with Crippen LogP contribution in [0.15, 0.2) is 134 Å². The Kier molecular flexibility index (Phi) is 7.27. The van der Waals surface area contributed by atoms with Crippen LogP contribution in [0.5, 0.6) is 0 Å². The largest absolute Gasteiger partial charge is 0.356 e. The van der Waals surface area contributed by atoms with E-state index in [1.165, 1.54) is 44.9 Å². The average Bonchev–Trinajstić information content (AvgIpc) is 2.99. The molecule has 2 nitrogen and oxygen atoms in total. The second-order valence-corrected chi connectivity index (χ2v) is 10.2. The van der Waals surface area contributed by atoms with Crippen molar-refractivity contribution in [3.05, 3.63) is 151 Å². The van der Waals surface area contributed by atoms with E-state index in [1.807, 2.05) is 12.1 Å². The fourth-order valence-corrected chi connectivity index (χ4v) is 5.57. The van der Waals surface area contributed by atoms with Gasteiger partial charge >= 0.3 is 0 Å². The second kappa shape index (κ2) is 11.4. The van der Waals surface area contributed by atoms with Gasteiger partial charge in [-0.3, -0.25) is 0 Å². The number of anilines is 5. The molecule has 192 valence electrons. The van der Waals surface area contributed by atoms with Crippen LogP contribution in [0.4, 0.5) is 28.4 Å². The molecular formula is C37H34N2. The SMILES string of the molecule is C=CCCCc1ccc(N(c2ccccc2)c2ccc3c(c2)CCc2cc(Nc4ccccc4)ccc2-3)cc1. The van der Waals surface area contributed by atoms with E-state index < -0.39 is 0 Å². The molecule has 39 heavy (non-hydrogen) atoms. The van der Waals surface area contributed by atoms with Crippen LogP contribution in [0.1, 0.15) is 29.5 Å². The molecule has 0 unspecified atom stereocenters. The molecule has 0 fully saturated rings. The third kappa shape index (κ3) is 5.51. The molecule has 1 aliphatic rings. The highest BCUT2D eigenvalue weighted by Crippen LogP contribution is 2.41. The Morgan fingerprint density at radius 2 is 1.23 bits per heavy atom. The molecule has 0 saturated heterocycles. The van der Waals surface area contributed by atoms with Gasteiger partial charge in [-0.05, 0) is 121 Å². The highest BCUT2D eigenvalue weighted by atomic mass is 15.1. The maximum Gasteiger partial charge on any atom is 0.0464 e. The zero-order chi connectivity index (χ0) is 26.4. The summed E-state index contributed by atoms with van der Waals surface area (Å²) in [5.74, 6) is 0. The smallest absolute Gasteiger partial charge is 0.0464 e. The van der Waals surface area contributed by atoms with Crippen LogP contribution < -0.4 is 10.2 Å². The van der Waals surface area contributed by atoms with Crippen molar-refractivity contribution in [2.24, 2.45) is 0 Å². The molecule has 0 radical (unpaired) electrons. The monoisotopic (exact) mass is 506 g/mol. The highest BCUT2D eigenvalue weighted by molar-refractivity contribution is 5.82. The summed E-state index contributed by atoms with van der Waals surface area (Å²) in [6.45, 7) is 3.85. The van der Waals surface area contributed by atoms with Crippen LogP contribution in [0, 0.1) is 0 Å². The number of hydrogen-bond acceptors (Lipinski definition) is 2. The lowest BCUT2D eigenvalue weighted by Gasteiger charge is -2.28. The van der Waals surface area contributed by atoms with Gasteiger partial charge in [-0.2, -0.15) is 0 Å². The summed E-state index contributed by atoms with van der Waals surface area (Å²) in [5, 5.41) is 3.55. The molecule has 5 aromatic rings. The van der Waals surface area contributed by atoms with Crippen LogP contribution in [0.2, 0.25) is 0 Å². The van der Waals surface area contributed by atoms with Gasteiger partial charge in [0.15, 0.2) is 0 Å². The van der Waals surface area contributed by atoms with Gasteiger partial charge in [0.05, 0.1) is 0 Å². The van der Waals surface area contributed by atoms with Gasteiger partial charge in [0, 0.05) is 28.4 Å². The summed E-state index contributed by atoms with van der Waals surface area (Å²) in [7, 11) is 0. The number of unbranched alkanes of at least 4 members (excludes halogenated alkanes) is 1. The summed E-state index contributed by atoms with van der Waals surface area (Å²) in [5.41, 5.74) is 12.7. The topological polar surface area (TPSA) is 15.3 Å². The first-order valence-electron chi connectivity index (χ1n) is 13.9. The van der Waals surface area contributed by atoms with E-state index in [0.717, 1.165) is 43.5 Å². The molecular weight excluding hydrogens is 472 g/mol. The van der Waals surface area contributed by atoms with Crippen molar-refractivity contribution >= 4 is 28.4 Å². The van der Waals surface area contributed by atoms with Gasteiger partial charge in [0.25, 0.3) is 0 Å². The lowest BCUT2D eigenvalue weighted by molar-refractivity contribution is 0.844.